The number of ether oxygens (including phenoxy) is 4. The number of carboxylic acid groups (broad SMARTS) is 1. The fourth-order valence-corrected chi connectivity index (χ4v) is 5.49. The third kappa shape index (κ3) is 5.41. The zero-order valence-electron chi connectivity index (χ0n) is 23.1. The van der Waals surface area contributed by atoms with Crippen LogP contribution in [0.5, 0.6) is 5.88 Å². The average Bonchev–Trinajstić information content (AvgIpc) is 3.81. The quantitative estimate of drug-likeness (QED) is 0.256. The molecule has 13 nitrogen and oxygen atoms in total. The summed E-state index contributed by atoms with van der Waals surface area (Å²) >= 11 is 0. The van der Waals surface area contributed by atoms with Gasteiger partial charge in [0.15, 0.2) is 29.5 Å². The zero-order valence-corrected chi connectivity index (χ0v) is 23.1. The Morgan fingerprint density at radius 2 is 1.72 bits per heavy atom. The monoisotopic (exact) mass is 584 g/mol. The van der Waals surface area contributed by atoms with E-state index in [-0.39, 0.29) is 18.2 Å². The maximum Gasteiger partial charge on any atom is 0.374 e. The normalized spacial score (nSPS) is 23.0. The van der Waals surface area contributed by atoms with Crippen LogP contribution in [-0.4, -0.2) is 74.0 Å². The summed E-state index contributed by atoms with van der Waals surface area (Å²) in [6.07, 6.45) is 1.07. The molecule has 43 heavy (non-hydrogen) atoms. The summed E-state index contributed by atoms with van der Waals surface area (Å²) in [7, 11) is 1.96. The maximum atomic E-state index is 11.2. The number of benzene rings is 2. The molecular weight excluding hydrogens is 556 g/mol. The molecule has 5 atom stereocenters. The summed E-state index contributed by atoms with van der Waals surface area (Å²) in [5.74, 6) is -0.835. The molecule has 0 aliphatic carbocycles. The molecule has 2 fully saturated rings. The zero-order chi connectivity index (χ0) is 29.3. The first-order chi connectivity index (χ1) is 21.0. The summed E-state index contributed by atoms with van der Waals surface area (Å²) in [6.45, 7) is 0.672. The lowest BCUT2D eigenvalue weighted by molar-refractivity contribution is -0.148. The van der Waals surface area contributed by atoms with Crippen molar-refractivity contribution < 1.29 is 33.4 Å². The van der Waals surface area contributed by atoms with Crippen molar-refractivity contribution in [2.75, 3.05) is 18.6 Å². The van der Waals surface area contributed by atoms with Crippen molar-refractivity contribution in [2.24, 2.45) is 0 Å². The first-order valence-electron chi connectivity index (χ1n) is 13.8. The van der Waals surface area contributed by atoms with Gasteiger partial charge < -0.3 is 33.5 Å². The van der Waals surface area contributed by atoms with Gasteiger partial charge in [-0.15, -0.1) is 0 Å². The van der Waals surface area contributed by atoms with Gasteiger partial charge in [-0.3, -0.25) is 4.57 Å². The Kier molecular flexibility index (Phi) is 7.19. The second-order valence-electron chi connectivity index (χ2n) is 10.4. The first kappa shape index (κ1) is 27.0. The number of hydrogen-bond donors (Lipinski definition) is 1. The molecule has 2 aliphatic heterocycles. The molecule has 0 spiro atoms. The van der Waals surface area contributed by atoms with E-state index in [0.29, 0.717) is 29.9 Å². The lowest BCUT2D eigenvalue weighted by Gasteiger charge is -2.22. The number of aromatic nitrogens is 5. The van der Waals surface area contributed by atoms with Gasteiger partial charge in [0.05, 0.1) is 12.4 Å². The van der Waals surface area contributed by atoms with Crippen molar-refractivity contribution in [2.45, 2.75) is 43.8 Å². The molecule has 2 saturated heterocycles. The van der Waals surface area contributed by atoms with Crippen LogP contribution in [0.3, 0.4) is 0 Å². The van der Waals surface area contributed by atoms with Crippen LogP contribution in [0, 0.1) is 0 Å². The summed E-state index contributed by atoms with van der Waals surface area (Å²) in [5, 5.41) is 12.8. The Labute approximate surface area is 245 Å². The minimum Gasteiger partial charge on any atom is -0.475 e. The van der Waals surface area contributed by atoms with Gasteiger partial charge in [0.25, 0.3) is 5.88 Å². The number of nitrogens with zero attached hydrogens (tertiary/aromatic N) is 6. The summed E-state index contributed by atoms with van der Waals surface area (Å²) in [6, 6.07) is 21.3. The second kappa shape index (κ2) is 11.4. The van der Waals surface area contributed by atoms with E-state index in [2.05, 4.69) is 32.2 Å². The minimum absolute atomic E-state index is 0.0252. The number of carboxylic acids is 1. The van der Waals surface area contributed by atoms with E-state index >= 15 is 0 Å². The molecule has 5 aromatic rings. The molecule has 0 radical (unpaired) electrons. The van der Waals surface area contributed by atoms with Crippen molar-refractivity contribution >= 4 is 23.0 Å². The molecule has 2 aromatic carbocycles. The Morgan fingerprint density at radius 3 is 2.47 bits per heavy atom. The van der Waals surface area contributed by atoms with Crippen LogP contribution in [0.1, 0.15) is 27.9 Å². The van der Waals surface area contributed by atoms with Crippen LogP contribution in [0.4, 0.5) is 5.82 Å². The molecule has 13 heteroatoms. The highest BCUT2D eigenvalue weighted by molar-refractivity contribution is 5.84. The molecule has 3 aromatic heterocycles. The van der Waals surface area contributed by atoms with Crippen LogP contribution in [0.2, 0.25) is 0 Å². The second-order valence-corrected chi connectivity index (χ2v) is 10.4. The molecule has 5 unspecified atom stereocenters. The Bertz CT molecular complexity index is 1710. The number of hydrogen-bond acceptors (Lipinski definition) is 11. The van der Waals surface area contributed by atoms with E-state index < -0.39 is 36.8 Å². The average molecular weight is 585 g/mol. The highest BCUT2D eigenvalue weighted by Gasteiger charge is 2.54. The fourth-order valence-electron chi connectivity index (χ4n) is 5.49. The number of imidazole rings is 1. The summed E-state index contributed by atoms with van der Waals surface area (Å²) in [5.41, 5.74) is 3.44. The Hall–Kier alpha value is -4.85. The van der Waals surface area contributed by atoms with Crippen molar-refractivity contribution in [3.05, 3.63) is 96.3 Å². The summed E-state index contributed by atoms with van der Waals surface area (Å²) in [4.78, 5) is 27.0. The number of carbonyl (C=O) groups is 1. The summed E-state index contributed by atoms with van der Waals surface area (Å²) < 4.78 is 31.6. The Morgan fingerprint density at radius 1 is 0.977 bits per heavy atom. The van der Waals surface area contributed by atoms with Crippen molar-refractivity contribution in [1.82, 2.24) is 24.7 Å². The van der Waals surface area contributed by atoms with E-state index in [9.17, 15) is 4.79 Å². The van der Waals surface area contributed by atoms with Crippen molar-refractivity contribution in [1.29, 1.82) is 0 Å². The molecule has 2 aliphatic rings. The van der Waals surface area contributed by atoms with E-state index in [1.807, 2.05) is 65.0 Å². The van der Waals surface area contributed by atoms with Gasteiger partial charge in [0.2, 0.25) is 5.76 Å². The SMILES string of the molecule is CN(Cc1ccccc1)c1ncnc2c1ncn2C1OC(COc2cc(C(=O)O)on2)C2OC(Cc3ccccc3)OC21. The molecule has 0 amide bonds. The highest BCUT2D eigenvalue weighted by atomic mass is 16.8. The Balaban J connectivity index is 1.15. The number of rotatable bonds is 10. The van der Waals surface area contributed by atoms with Crippen molar-refractivity contribution in [3.8, 4) is 5.88 Å². The maximum absolute atomic E-state index is 11.2. The van der Waals surface area contributed by atoms with E-state index in [1.165, 1.54) is 12.4 Å². The third-order valence-corrected chi connectivity index (χ3v) is 7.48. The van der Waals surface area contributed by atoms with Gasteiger partial charge >= 0.3 is 5.97 Å². The number of anilines is 1. The predicted molar refractivity (Wildman–Crippen MR) is 150 cm³/mol. The van der Waals surface area contributed by atoms with Gasteiger partial charge in [0, 0.05) is 20.0 Å². The molecule has 5 heterocycles. The predicted octanol–water partition coefficient (Wildman–Crippen LogP) is 3.48. The molecule has 1 N–H and O–H groups in total. The van der Waals surface area contributed by atoms with Crippen LogP contribution >= 0.6 is 0 Å². The lowest BCUT2D eigenvalue weighted by atomic mass is 10.1. The van der Waals surface area contributed by atoms with E-state index in [1.54, 1.807) is 6.33 Å². The van der Waals surface area contributed by atoms with Crippen molar-refractivity contribution in [3.63, 3.8) is 0 Å². The minimum atomic E-state index is -1.24. The highest BCUT2D eigenvalue weighted by Crippen LogP contribution is 2.41. The van der Waals surface area contributed by atoms with Gasteiger partial charge in [-0.25, -0.2) is 19.7 Å². The van der Waals surface area contributed by atoms with Crippen LogP contribution in [0.25, 0.3) is 11.2 Å². The molecular formula is C30H28N6O7. The molecule has 0 bridgehead atoms. The van der Waals surface area contributed by atoms with Crippen LogP contribution in [-0.2, 0) is 27.2 Å². The molecule has 7 rings (SSSR count). The third-order valence-electron chi connectivity index (χ3n) is 7.48. The van der Waals surface area contributed by atoms with E-state index in [4.69, 9.17) is 28.6 Å². The van der Waals surface area contributed by atoms with Gasteiger partial charge in [-0.1, -0.05) is 60.7 Å². The van der Waals surface area contributed by atoms with Crippen LogP contribution in [0.15, 0.2) is 83.9 Å². The van der Waals surface area contributed by atoms with Crippen LogP contribution < -0.4 is 9.64 Å². The largest absolute Gasteiger partial charge is 0.475 e. The standard InChI is InChI=1S/C30H28N6O7/c1-35(14-19-10-6-3-7-11-19)27-24-28(32-16-31-27)36(17-33-24)29-26-25(41-23(42-26)12-18-8-4-2-5-9-18)21(40-29)15-39-22-13-20(30(37)38)43-34-22/h2-11,13,16-17,21,23,25-26,29H,12,14-15H2,1H3,(H,37,38). The smallest absolute Gasteiger partial charge is 0.374 e. The van der Waals surface area contributed by atoms with Gasteiger partial charge in [-0.05, 0) is 16.3 Å². The van der Waals surface area contributed by atoms with E-state index in [0.717, 1.165) is 11.1 Å². The lowest BCUT2D eigenvalue weighted by Crippen LogP contribution is -2.33. The molecule has 0 saturated carbocycles. The van der Waals surface area contributed by atoms with Gasteiger partial charge in [0.1, 0.15) is 31.2 Å². The topological polar surface area (TPSA) is 147 Å². The number of fused-ring (bicyclic) bond motifs is 2. The molecule has 220 valence electrons. The fraction of sp³-hybridized carbons (Fsp3) is 0.300. The first-order valence-corrected chi connectivity index (χ1v) is 13.8. The van der Waals surface area contributed by atoms with Gasteiger partial charge in [-0.2, -0.15) is 0 Å². The number of aromatic carboxylic acids is 1.